The molecule has 0 aliphatic rings. The van der Waals surface area contributed by atoms with Crippen LogP contribution in [0.25, 0.3) is 0 Å². The van der Waals surface area contributed by atoms with E-state index < -0.39 is 6.04 Å². The van der Waals surface area contributed by atoms with E-state index in [1.807, 2.05) is 45.9 Å². The van der Waals surface area contributed by atoms with Crippen molar-refractivity contribution in [2.45, 2.75) is 39.2 Å². The minimum atomic E-state index is -0.405. The molecule has 1 atom stereocenters. The molecule has 0 aliphatic carbocycles. The Kier molecular flexibility index (Phi) is 3.65. The van der Waals surface area contributed by atoms with E-state index in [9.17, 15) is 0 Å². The molecule has 0 amide bonds. The van der Waals surface area contributed by atoms with Gasteiger partial charge in [-0.1, -0.05) is 43.6 Å². The average molecular weight is 280 g/mol. The van der Waals surface area contributed by atoms with Gasteiger partial charge >= 0.3 is 0 Å². The second-order valence-electron chi connectivity index (χ2n) is 5.69. The molecule has 0 bridgehead atoms. The Morgan fingerprint density at radius 3 is 2.53 bits per heavy atom. The smallest absolute Gasteiger partial charge is 0.232 e. The minimum Gasteiger partial charge on any atom is -0.339 e. The van der Waals surface area contributed by atoms with Gasteiger partial charge in [-0.3, -0.25) is 0 Å². The minimum absolute atomic E-state index is 0.181. The van der Waals surface area contributed by atoms with Crippen molar-refractivity contribution in [3.63, 3.8) is 0 Å². The van der Waals surface area contributed by atoms with Crippen molar-refractivity contribution in [3.05, 3.63) is 46.1 Å². The third-order valence-electron chi connectivity index (χ3n) is 2.93. The molecule has 1 heterocycles. The van der Waals surface area contributed by atoms with Crippen LogP contribution in [0.2, 0.25) is 5.02 Å². The lowest BCUT2D eigenvalue weighted by molar-refractivity contribution is 0.317. The lowest BCUT2D eigenvalue weighted by Crippen LogP contribution is -2.16. The van der Waals surface area contributed by atoms with Gasteiger partial charge in [-0.05, 0) is 30.2 Å². The first-order valence-corrected chi connectivity index (χ1v) is 6.52. The van der Waals surface area contributed by atoms with Gasteiger partial charge < -0.3 is 10.3 Å². The molecule has 102 valence electrons. The number of nitrogens with two attached hydrogens (primary N) is 1. The predicted molar refractivity (Wildman–Crippen MR) is 75.2 cm³/mol. The van der Waals surface area contributed by atoms with Crippen molar-refractivity contribution in [2.75, 3.05) is 0 Å². The van der Waals surface area contributed by atoms with Crippen LogP contribution in [-0.4, -0.2) is 10.1 Å². The van der Waals surface area contributed by atoms with Gasteiger partial charge in [0.1, 0.15) is 0 Å². The van der Waals surface area contributed by atoms with E-state index in [1.165, 1.54) is 0 Å². The van der Waals surface area contributed by atoms with Gasteiger partial charge in [0.2, 0.25) is 5.89 Å². The summed E-state index contributed by atoms with van der Waals surface area (Å²) >= 11 is 5.94. The highest BCUT2D eigenvalue weighted by molar-refractivity contribution is 6.30. The third kappa shape index (κ3) is 2.96. The summed E-state index contributed by atoms with van der Waals surface area (Å²) in [4.78, 5) is 4.39. The Bertz CT molecular complexity index is 587. The summed E-state index contributed by atoms with van der Waals surface area (Å²) in [6, 6.07) is 5.18. The summed E-state index contributed by atoms with van der Waals surface area (Å²) in [6.45, 7) is 8.02. The zero-order valence-electron chi connectivity index (χ0n) is 11.6. The number of hydrogen-bond donors (Lipinski definition) is 1. The molecule has 0 saturated heterocycles. The number of halogens is 1. The molecule has 1 unspecified atom stereocenters. The SMILES string of the molecule is Cc1cc(Cl)ccc1C(N)c1noc(C(C)(C)C)n1. The van der Waals surface area contributed by atoms with E-state index in [1.54, 1.807) is 0 Å². The molecule has 19 heavy (non-hydrogen) atoms. The maximum atomic E-state index is 6.20. The third-order valence-corrected chi connectivity index (χ3v) is 3.16. The molecule has 1 aromatic heterocycles. The normalized spacial score (nSPS) is 13.6. The van der Waals surface area contributed by atoms with E-state index >= 15 is 0 Å². The van der Waals surface area contributed by atoms with Gasteiger partial charge in [-0.15, -0.1) is 0 Å². The molecule has 2 aromatic rings. The molecular weight excluding hydrogens is 262 g/mol. The van der Waals surface area contributed by atoms with Crippen molar-refractivity contribution in [1.82, 2.24) is 10.1 Å². The van der Waals surface area contributed by atoms with Crippen molar-refractivity contribution >= 4 is 11.6 Å². The number of aromatic nitrogens is 2. The highest BCUT2D eigenvalue weighted by atomic mass is 35.5. The average Bonchev–Trinajstić information content (AvgIpc) is 2.76. The summed E-state index contributed by atoms with van der Waals surface area (Å²) in [5.41, 5.74) is 7.98. The quantitative estimate of drug-likeness (QED) is 0.915. The molecule has 0 radical (unpaired) electrons. The number of aryl methyl sites for hydroxylation is 1. The van der Waals surface area contributed by atoms with Gasteiger partial charge in [0.25, 0.3) is 0 Å². The first-order chi connectivity index (χ1) is 8.79. The number of rotatable bonds is 2. The summed E-state index contributed by atoms with van der Waals surface area (Å²) in [5, 5.41) is 4.67. The maximum absolute atomic E-state index is 6.20. The fraction of sp³-hybridized carbons (Fsp3) is 0.429. The van der Waals surface area contributed by atoms with E-state index in [0.29, 0.717) is 16.7 Å². The molecule has 0 aliphatic heterocycles. The van der Waals surface area contributed by atoms with E-state index in [-0.39, 0.29) is 5.41 Å². The molecule has 2 N–H and O–H groups in total. The summed E-state index contributed by atoms with van der Waals surface area (Å²) in [5.74, 6) is 1.08. The Hall–Kier alpha value is -1.39. The molecule has 2 rings (SSSR count). The maximum Gasteiger partial charge on any atom is 0.232 e. The molecule has 5 heteroatoms. The second-order valence-corrected chi connectivity index (χ2v) is 6.12. The van der Waals surface area contributed by atoms with E-state index in [2.05, 4.69) is 10.1 Å². The van der Waals surface area contributed by atoms with Gasteiger partial charge in [-0.2, -0.15) is 4.98 Å². The second kappa shape index (κ2) is 4.94. The van der Waals surface area contributed by atoms with Crippen LogP contribution in [0.1, 0.15) is 49.7 Å². The van der Waals surface area contributed by atoms with Crippen LogP contribution in [0.5, 0.6) is 0 Å². The molecule has 0 spiro atoms. The molecule has 1 aromatic carbocycles. The van der Waals surface area contributed by atoms with Gasteiger partial charge in [0, 0.05) is 10.4 Å². The van der Waals surface area contributed by atoms with Gasteiger partial charge in [0.05, 0.1) is 6.04 Å². The largest absolute Gasteiger partial charge is 0.339 e. The lowest BCUT2D eigenvalue weighted by Gasteiger charge is -2.12. The zero-order chi connectivity index (χ0) is 14.2. The monoisotopic (exact) mass is 279 g/mol. The summed E-state index contributed by atoms with van der Waals surface area (Å²) in [6.07, 6.45) is 0. The van der Waals surface area contributed by atoms with Crippen LogP contribution in [-0.2, 0) is 5.41 Å². The van der Waals surface area contributed by atoms with Crippen molar-refractivity contribution in [2.24, 2.45) is 5.73 Å². The molecule has 0 fully saturated rings. The fourth-order valence-electron chi connectivity index (χ4n) is 1.79. The Balaban J connectivity index is 2.34. The van der Waals surface area contributed by atoms with Gasteiger partial charge in [-0.25, -0.2) is 0 Å². The number of nitrogens with zero attached hydrogens (tertiary/aromatic N) is 2. The first-order valence-electron chi connectivity index (χ1n) is 6.15. The van der Waals surface area contributed by atoms with E-state index in [4.69, 9.17) is 21.9 Å². The molecule has 4 nitrogen and oxygen atoms in total. The summed E-state index contributed by atoms with van der Waals surface area (Å²) < 4.78 is 5.27. The highest BCUT2D eigenvalue weighted by Crippen LogP contribution is 2.26. The van der Waals surface area contributed by atoms with Crippen LogP contribution in [0.3, 0.4) is 0 Å². The van der Waals surface area contributed by atoms with Crippen molar-refractivity contribution in [1.29, 1.82) is 0 Å². The standard InChI is InChI=1S/C14H18ClN3O/c1-8-7-9(15)5-6-10(8)11(16)12-17-13(19-18-12)14(2,3)4/h5-7,11H,16H2,1-4H3. The molecule has 0 saturated carbocycles. The molecular formula is C14H18ClN3O. The summed E-state index contributed by atoms with van der Waals surface area (Å²) in [7, 11) is 0. The van der Waals surface area contributed by atoms with Crippen molar-refractivity contribution in [3.8, 4) is 0 Å². The zero-order valence-corrected chi connectivity index (χ0v) is 12.3. The van der Waals surface area contributed by atoms with Crippen LogP contribution in [0.4, 0.5) is 0 Å². The number of hydrogen-bond acceptors (Lipinski definition) is 4. The Labute approximate surface area is 118 Å². The van der Waals surface area contributed by atoms with Gasteiger partial charge in [0.15, 0.2) is 5.82 Å². The van der Waals surface area contributed by atoms with Crippen LogP contribution >= 0.6 is 11.6 Å². The van der Waals surface area contributed by atoms with E-state index in [0.717, 1.165) is 11.1 Å². The topological polar surface area (TPSA) is 64.9 Å². The van der Waals surface area contributed by atoms with Crippen LogP contribution < -0.4 is 5.73 Å². The Morgan fingerprint density at radius 1 is 1.32 bits per heavy atom. The Morgan fingerprint density at radius 2 is 2.00 bits per heavy atom. The number of benzene rings is 1. The van der Waals surface area contributed by atoms with Crippen LogP contribution in [0, 0.1) is 6.92 Å². The predicted octanol–water partition coefficient (Wildman–Crippen LogP) is 3.38. The fourth-order valence-corrected chi connectivity index (χ4v) is 2.02. The lowest BCUT2D eigenvalue weighted by atomic mass is 9.97. The van der Waals surface area contributed by atoms with Crippen molar-refractivity contribution < 1.29 is 4.52 Å². The highest BCUT2D eigenvalue weighted by Gasteiger charge is 2.24. The van der Waals surface area contributed by atoms with Crippen LogP contribution in [0.15, 0.2) is 22.7 Å². The first kappa shape index (κ1) is 14.0.